The number of anilines is 1. The first kappa shape index (κ1) is 15.5. The summed E-state index contributed by atoms with van der Waals surface area (Å²) in [6, 6.07) is 6.10. The van der Waals surface area contributed by atoms with Gasteiger partial charge in [0.25, 0.3) is 10.0 Å². The topological polar surface area (TPSA) is 89.7 Å². The van der Waals surface area contributed by atoms with Crippen LogP contribution in [0, 0.1) is 6.92 Å². The third kappa shape index (κ3) is 2.70. The highest BCUT2D eigenvalue weighted by atomic mass is 32.2. The van der Waals surface area contributed by atoms with E-state index in [0.29, 0.717) is 36.5 Å². The van der Waals surface area contributed by atoms with E-state index >= 15 is 0 Å². The van der Waals surface area contributed by atoms with Crippen molar-refractivity contribution in [3.8, 4) is 0 Å². The first-order valence-corrected chi connectivity index (χ1v) is 8.55. The van der Waals surface area contributed by atoms with Crippen LogP contribution < -0.4 is 4.31 Å². The molecule has 1 aliphatic rings. The fraction of sp³-hybridized carbons (Fsp3) is 0.333. The molecular weight excluding hydrogens is 320 g/mol. The smallest absolute Gasteiger partial charge is 0.356 e. The van der Waals surface area contributed by atoms with Crippen LogP contribution in [0.15, 0.2) is 33.8 Å². The number of sulfonamides is 1. The van der Waals surface area contributed by atoms with E-state index in [0.717, 1.165) is 0 Å². The fourth-order valence-corrected chi connectivity index (χ4v) is 4.03. The Morgan fingerprint density at radius 1 is 1.30 bits per heavy atom. The average molecular weight is 336 g/mol. The Balaban J connectivity index is 2.03. The van der Waals surface area contributed by atoms with Crippen molar-refractivity contribution in [3.63, 3.8) is 0 Å². The van der Waals surface area contributed by atoms with Crippen LogP contribution in [0.1, 0.15) is 28.4 Å². The van der Waals surface area contributed by atoms with Crippen LogP contribution in [0.5, 0.6) is 0 Å². The van der Waals surface area contributed by atoms with Gasteiger partial charge in [-0.2, -0.15) is 8.42 Å². The molecule has 0 bridgehead atoms. The lowest BCUT2D eigenvalue weighted by Gasteiger charge is -2.29. The number of methoxy groups -OCH3 is 1. The summed E-state index contributed by atoms with van der Waals surface area (Å²) < 4.78 is 36.7. The maximum atomic E-state index is 12.8. The van der Waals surface area contributed by atoms with Gasteiger partial charge in [-0.05, 0) is 44.0 Å². The molecule has 3 heterocycles. The van der Waals surface area contributed by atoms with Gasteiger partial charge in [0.1, 0.15) is 11.5 Å². The molecule has 0 unspecified atom stereocenters. The summed E-state index contributed by atoms with van der Waals surface area (Å²) in [5, 5.41) is -0.0973. The standard InChI is InChI=1S/C15H16N2O5S/c1-10-5-8-14(22-10)23(19,20)17-9-3-4-11-13(17)7-6-12(16-11)15(18)21-2/h5-8H,3-4,9H2,1-2H3. The Bertz CT molecular complexity index is 857. The van der Waals surface area contributed by atoms with Crippen LogP contribution in [0.3, 0.4) is 0 Å². The molecule has 1 aliphatic heterocycles. The fourth-order valence-electron chi connectivity index (χ4n) is 2.54. The molecule has 0 atom stereocenters. The van der Waals surface area contributed by atoms with Crippen LogP contribution in [0.2, 0.25) is 0 Å². The number of ether oxygens (including phenoxy) is 1. The van der Waals surface area contributed by atoms with Gasteiger partial charge in [-0.1, -0.05) is 0 Å². The number of furan rings is 1. The van der Waals surface area contributed by atoms with E-state index in [-0.39, 0.29) is 10.8 Å². The lowest BCUT2D eigenvalue weighted by atomic mass is 10.1. The van der Waals surface area contributed by atoms with Crippen LogP contribution in [0.25, 0.3) is 0 Å². The summed E-state index contributed by atoms with van der Waals surface area (Å²) in [5.74, 6) is -0.0191. The van der Waals surface area contributed by atoms with Gasteiger partial charge in [-0.3, -0.25) is 4.31 Å². The lowest BCUT2D eigenvalue weighted by molar-refractivity contribution is 0.0593. The number of pyridine rings is 1. The number of hydrogen-bond acceptors (Lipinski definition) is 6. The quantitative estimate of drug-likeness (QED) is 0.795. The molecule has 7 nitrogen and oxygen atoms in total. The zero-order valence-corrected chi connectivity index (χ0v) is 13.6. The molecule has 0 radical (unpaired) electrons. The molecule has 2 aromatic rings. The molecule has 0 aliphatic carbocycles. The second kappa shape index (κ2) is 5.69. The summed E-state index contributed by atoms with van der Waals surface area (Å²) in [7, 11) is -2.51. The van der Waals surface area contributed by atoms with Crippen molar-refractivity contribution in [2.24, 2.45) is 0 Å². The zero-order valence-electron chi connectivity index (χ0n) is 12.8. The number of aromatic nitrogens is 1. The largest absolute Gasteiger partial charge is 0.464 e. The summed E-state index contributed by atoms with van der Waals surface area (Å²) in [4.78, 5) is 15.8. The third-order valence-corrected chi connectivity index (χ3v) is 5.34. The Morgan fingerprint density at radius 3 is 2.74 bits per heavy atom. The van der Waals surface area contributed by atoms with Crippen LogP contribution >= 0.6 is 0 Å². The first-order valence-electron chi connectivity index (χ1n) is 7.11. The van der Waals surface area contributed by atoms with Crippen molar-refractivity contribution >= 4 is 21.7 Å². The van der Waals surface area contributed by atoms with Gasteiger partial charge in [0.05, 0.1) is 18.5 Å². The highest BCUT2D eigenvalue weighted by Gasteiger charge is 2.32. The van der Waals surface area contributed by atoms with Gasteiger partial charge in [-0.25, -0.2) is 9.78 Å². The second-order valence-electron chi connectivity index (χ2n) is 5.20. The SMILES string of the molecule is COC(=O)c1ccc2c(n1)CCCN2S(=O)(=O)c1ccc(C)o1. The predicted molar refractivity (Wildman–Crippen MR) is 81.9 cm³/mol. The summed E-state index contributed by atoms with van der Waals surface area (Å²) >= 11 is 0. The summed E-state index contributed by atoms with van der Waals surface area (Å²) in [5.41, 5.74) is 1.20. The molecular formula is C15H16N2O5S. The predicted octanol–water partition coefficient (Wildman–Crippen LogP) is 1.91. The molecule has 23 heavy (non-hydrogen) atoms. The minimum Gasteiger partial charge on any atom is -0.464 e. The van der Waals surface area contributed by atoms with Gasteiger partial charge in [0.15, 0.2) is 0 Å². The number of nitrogens with zero attached hydrogens (tertiary/aromatic N) is 2. The molecule has 0 saturated carbocycles. The first-order chi connectivity index (χ1) is 10.9. The van der Waals surface area contributed by atoms with Gasteiger partial charge >= 0.3 is 5.97 Å². The second-order valence-corrected chi connectivity index (χ2v) is 6.99. The van der Waals surface area contributed by atoms with Crippen molar-refractivity contribution in [1.29, 1.82) is 0 Å². The molecule has 3 rings (SSSR count). The highest BCUT2D eigenvalue weighted by molar-refractivity contribution is 7.92. The van der Waals surface area contributed by atoms with Gasteiger partial charge < -0.3 is 9.15 Å². The zero-order chi connectivity index (χ0) is 16.6. The molecule has 122 valence electrons. The maximum absolute atomic E-state index is 12.8. The van der Waals surface area contributed by atoms with Gasteiger partial charge in [0.2, 0.25) is 5.09 Å². The molecule has 0 amide bonds. The molecule has 0 spiro atoms. The summed E-state index contributed by atoms with van der Waals surface area (Å²) in [6.45, 7) is 2.03. The molecule has 8 heteroatoms. The minimum atomic E-state index is -3.78. The van der Waals surface area contributed by atoms with Crippen molar-refractivity contribution < 1.29 is 22.4 Å². The maximum Gasteiger partial charge on any atom is 0.356 e. The average Bonchev–Trinajstić information content (AvgIpc) is 3.00. The summed E-state index contributed by atoms with van der Waals surface area (Å²) in [6.07, 6.45) is 1.22. The van der Waals surface area contributed by atoms with Gasteiger partial charge in [0, 0.05) is 6.54 Å². The van der Waals surface area contributed by atoms with Crippen molar-refractivity contribution in [1.82, 2.24) is 4.98 Å². The monoisotopic (exact) mass is 336 g/mol. The normalized spacial score (nSPS) is 14.4. The highest BCUT2D eigenvalue weighted by Crippen LogP contribution is 2.31. The van der Waals surface area contributed by atoms with Crippen LogP contribution in [0.4, 0.5) is 5.69 Å². The van der Waals surface area contributed by atoms with Gasteiger partial charge in [-0.15, -0.1) is 0 Å². The number of carbonyl (C=O) groups excluding carboxylic acids is 1. The molecule has 0 aromatic carbocycles. The number of hydrogen-bond donors (Lipinski definition) is 0. The van der Waals surface area contributed by atoms with Crippen LogP contribution in [-0.2, 0) is 21.2 Å². The van der Waals surface area contributed by atoms with E-state index in [1.165, 1.54) is 23.5 Å². The third-order valence-electron chi connectivity index (χ3n) is 3.65. The van der Waals surface area contributed by atoms with E-state index in [1.54, 1.807) is 19.1 Å². The number of carbonyl (C=O) groups is 1. The number of esters is 1. The Morgan fingerprint density at radius 2 is 2.09 bits per heavy atom. The van der Waals surface area contributed by atoms with Crippen LogP contribution in [-0.4, -0.2) is 33.0 Å². The van der Waals surface area contributed by atoms with E-state index < -0.39 is 16.0 Å². The Kier molecular flexibility index (Phi) is 3.85. The Labute approximate surface area is 133 Å². The lowest BCUT2D eigenvalue weighted by Crippen LogP contribution is -2.35. The van der Waals surface area contributed by atoms with E-state index in [1.807, 2.05) is 0 Å². The molecule has 0 N–H and O–H groups in total. The number of rotatable bonds is 3. The van der Waals surface area contributed by atoms with E-state index in [2.05, 4.69) is 9.72 Å². The minimum absolute atomic E-state index is 0.0973. The van der Waals surface area contributed by atoms with E-state index in [9.17, 15) is 13.2 Å². The number of aryl methyl sites for hydroxylation is 2. The molecule has 0 saturated heterocycles. The van der Waals surface area contributed by atoms with E-state index in [4.69, 9.17) is 4.42 Å². The molecule has 2 aromatic heterocycles. The van der Waals surface area contributed by atoms with Crippen molar-refractivity contribution in [2.75, 3.05) is 18.0 Å². The van der Waals surface area contributed by atoms with Crippen molar-refractivity contribution in [3.05, 3.63) is 41.4 Å². The van der Waals surface area contributed by atoms with Crippen molar-refractivity contribution in [2.45, 2.75) is 24.9 Å². The molecule has 0 fully saturated rings. The Hall–Kier alpha value is -2.35. The number of fused-ring (bicyclic) bond motifs is 1.